The summed E-state index contributed by atoms with van der Waals surface area (Å²) in [6.07, 6.45) is 9.98. The Morgan fingerprint density at radius 2 is 1.16 bits per heavy atom. The van der Waals surface area contributed by atoms with E-state index in [-0.39, 0.29) is 11.6 Å². The molecule has 8 rings (SSSR count). The number of rotatable bonds is 2. The molecule has 0 saturated carbocycles. The minimum atomic E-state index is -0.257. The van der Waals surface area contributed by atoms with Crippen LogP contribution < -0.4 is 0 Å². The molecule has 7 heteroatoms. The Labute approximate surface area is 248 Å². The number of allylic oxidation sites excluding steroid dienone is 1. The molecule has 4 aromatic carbocycles. The van der Waals surface area contributed by atoms with Crippen molar-refractivity contribution in [2.24, 2.45) is 0 Å². The number of hydrogen-bond acceptors (Lipinski definition) is 3. The monoisotopic (exact) mass is 572 g/mol. The molecular weight excluding hydrogens is 542 g/mol. The van der Waals surface area contributed by atoms with Gasteiger partial charge in [-0.2, -0.15) is 10.2 Å². The minimum Gasteiger partial charge on any atom is -0.299 e. The molecule has 0 fully saturated rings. The Bertz CT molecular complexity index is 2000. The van der Waals surface area contributed by atoms with Crippen molar-refractivity contribution in [3.63, 3.8) is 0 Å². The Balaban J connectivity index is 0.000000140. The molecule has 2 aromatic heterocycles. The van der Waals surface area contributed by atoms with Crippen molar-refractivity contribution in [3.05, 3.63) is 126 Å². The summed E-state index contributed by atoms with van der Waals surface area (Å²) in [5.74, 6) is -0.180. The summed E-state index contributed by atoms with van der Waals surface area (Å²) >= 11 is 0. The summed E-state index contributed by atoms with van der Waals surface area (Å²) in [6.45, 7) is 4.17. The molecule has 6 aromatic rings. The Morgan fingerprint density at radius 3 is 1.79 bits per heavy atom. The molecule has 0 unspecified atom stereocenters. The van der Waals surface area contributed by atoms with Crippen LogP contribution in [-0.2, 0) is 24.1 Å². The number of Topliss-reactive ketones (excluding diaryl/α,β-unsaturated/α-hetero) is 1. The summed E-state index contributed by atoms with van der Waals surface area (Å²) in [6, 6.07) is 21.3. The lowest BCUT2D eigenvalue weighted by atomic mass is 9.87. The van der Waals surface area contributed by atoms with Crippen molar-refractivity contribution < 1.29 is 13.6 Å². The molecule has 43 heavy (non-hydrogen) atoms. The number of carbonyl (C=O) groups is 1. The van der Waals surface area contributed by atoms with Crippen LogP contribution in [0.5, 0.6) is 0 Å². The quantitative estimate of drug-likeness (QED) is 0.197. The smallest absolute Gasteiger partial charge is 0.137 e. The minimum absolute atomic E-state index is 0.233. The molecule has 2 aliphatic rings. The highest BCUT2D eigenvalue weighted by molar-refractivity contribution is 5.88. The maximum Gasteiger partial charge on any atom is 0.137 e. The largest absolute Gasteiger partial charge is 0.299 e. The van der Waals surface area contributed by atoms with Crippen molar-refractivity contribution in [1.29, 1.82) is 0 Å². The predicted octanol–water partition coefficient (Wildman–Crippen LogP) is 8.13. The van der Waals surface area contributed by atoms with E-state index in [0.717, 1.165) is 70.8 Å². The van der Waals surface area contributed by atoms with E-state index in [0.29, 0.717) is 18.6 Å². The fourth-order valence-electron chi connectivity index (χ4n) is 6.19. The van der Waals surface area contributed by atoms with Gasteiger partial charge in [0.05, 0.1) is 34.8 Å². The van der Waals surface area contributed by atoms with Gasteiger partial charge in [0.15, 0.2) is 0 Å². The van der Waals surface area contributed by atoms with Crippen LogP contribution in [0.25, 0.3) is 38.8 Å². The predicted molar refractivity (Wildman–Crippen MR) is 166 cm³/mol. The first-order chi connectivity index (χ1) is 20.9. The van der Waals surface area contributed by atoms with Gasteiger partial charge >= 0.3 is 0 Å². The van der Waals surface area contributed by atoms with Crippen molar-refractivity contribution in [2.75, 3.05) is 0 Å². The molecule has 5 nitrogen and oxygen atoms in total. The van der Waals surface area contributed by atoms with Gasteiger partial charge < -0.3 is 0 Å². The van der Waals surface area contributed by atoms with Gasteiger partial charge in [-0.05, 0) is 133 Å². The highest BCUT2D eigenvalue weighted by atomic mass is 19.1. The zero-order valence-corrected chi connectivity index (χ0v) is 23.7. The number of benzene rings is 4. The lowest BCUT2D eigenvalue weighted by molar-refractivity contribution is -0.118. The molecular formula is C36H30F2N4O. The molecule has 2 heterocycles. The molecule has 214 valence electrons. The highest BCUT2D eigenvalue weighted by Gasteiger charge is 2.17. The van der Waals surface area contributed by atoms with Crippen LogP contribution in [-0.4, -0.2) is 25.3 Å². The Morgan fingerprint density at radius 1 is 0.628 bits per heavy atom. The van der Waals surface area contributed by atoms with E-state index in [2.05, 4.69) is 41.0 Å². The number of fused-ring (bicyclic) bond motifs is 4. The molecule has 0 saturated heterocycles. The lowest BCUT2D eigenvalue weighted by Gasteiger charge is -2.18. The fraction of sp³-hybridized carbons (Fsp3) is 0.194. The molecule has 0 aliphatic heterocycles. The number of aryl methyl sites for hydroxylation is 2. The van der Waals surface area contributed by atoms with Crippen molar-refractivity contribution in [2.45, 2.75) is 44.9 Å². The van der Waals surface area contributed by atoms with Crippen LogP contribution in [0, 0.1) is 11.6 Å². The lowest BCUT2D eigenvalue weighted by Crippen LogP contribution is -2.02. The first-order valence-electron chi connectivity index (χ1n) is 14.6. The van der Waals surface area contributed by atoms with Crippen molar-refractivity contribution >= 4 is 33.2 Å². The van der Waals surface area contributed by atoms with E-state index in [1.54, 1.807) is 30.5 Å². The number of ketones is 1. The molecule has 0 atom stereocenters. The van der Waals surface area contributed by atoms with Crippen LogP contribution in [0.3, 0.4) is 0 Å². The van der Waals surface area contributed by atoms with E-state index in [9.17, 15) is 13.6 Å². The number of hydrogen-bond donors (Lipinski definition) is 0. The van der Waals surface area contributed by atoms with Crippen molar-refractivity contribution in [3.8, 4) is 11.4 Å². The van der Waals surface area contributed by atoms with Gasteiger partial charge in [0, 0.05) is 23.6 Å². The number of nitrogens with zero attached hydrogens (tertiary/aromatic N) is 4. The van der Waals surface area contributed by atoms with Crippen LogP contribution >= 0.6 is 0 Å². The summed E-state index contributed by atoms with van der Waals surface area (Å²) < 4.78 is 29.8. The second-order valence-corrected chi connectivity index (χ2v) is 11.3. The molecule has 0 radical (unpaired) electrons. The number of aromatic nitrogens is 4. The summed E-state index contributed by atoms with van der Waals surface area (Å²) in [5.41, 5.74) is 9.94. The average Bonchev–Trinajstić information content (AvgIpc) is 3.56. The van der Waals surface area contributed by atoms with E-state index >= 15 is 0 Å². The highest BCUT2D eigenvalue weighted by Crippen LogP contribution is 2.33. The fourth-order valence-corrected chi connectivity index (χ4v) is 6.19. The van der Waals surface area contributed by atoms with E-state index in [1.165, 1.54) is 46.5 Å². The van der Waals surface area contributed by atoms with E-state index in [1.807, 2.05) is 15.6 Å². The third-order valence-electron chi connectivity index (χ3n) is 8.42. The summed E-state index contributed by atoms with van der Waals surface area (Å²) in [5, 5.41) is 11.0. The molecule has 2 aliphatic carbocycles. The topological polar surface area (TPSA) is 52.7 Å². The van der Waals surface area contributed by atoms with Crippen LogP contribution in [0.1, 0.15) is 47.9 Å². The Kier molecular flexibility index (Phi) is 6.93. The average molecular weight is 573 g/mol. The normalized spacial score (nSPS) is 14.7. The second kappa shape index (κ2) is 11.1. The van der Waals surface area contributed by atoms with Crippen molar-refractivity contribution in [1.82, 2.24) is 19.6 Å². The third-order valence-corrected chi connectivity index (χ3v) is 8.42. The number of carbonyl (C=O) groups excluding carboxylic acids is 1. The van der Waals surface area contributed by atoms with Crippen LogP contribution in [0.15, 0.2) is 91.8 Å². The van der Waals surface area contributed by atoms with Crippen LogP contribution in [0.4, 0.5) is 8.78 Å². The van der Waals surface area contributed by atoms with E-state index < -0.39 is 0 Å². The zero-order valence-electron chi connectivity index (χ0n) is 23.7. The van der Waals surface area contributed by atoms with Gasteiger partial charge in [0.2, 0.25) is 0 Å². The molecule has 0 amide bonds. The summed E-state index contributed by atoms with van der Waals surface area (Å²) in [7, 11) is 0. The van der Waals surface area contributed by atoms with Gasteiger partial charge in [0.1, 0.15) is 17.4 Å². The first kappa shape index (κ1) is 27.0. The molecule has 0 N–H and O–H groups in total. The maximum absolute atomic E-state index is 13.1. The summed E-state index contributed by atoms with van der Waals surface area (Å²) in [4.78, 5) is 11.8. The van der Waals surface area contributed by atoms with Crippen LogP contribution in [0.2, 0.25) is 0 Å². The Hall–Kier alpha value is -4.91. The number of halogens is 2. The molecule has 0 bridgehead atoms. The zero-order chi connectivity index (χ0) is 29.5. The van der Waals surface area contributed by atoms with E-state index in [4.69, 9.17) is 0 Å². The van der Waals surface area contributed by atoms with Gasteiger partial charge in [-0.3, -0.25) is 4.79 Å². The van der Waals surface area contributed by atoms with Gasteiger partial charge in [-0.15, -0.1) is 0 Å². The standard InChI is InChI=1S/C18H15FN2O.C18H15FN2/c19-15-4-6-16(7-5-15)21-18-10-12-2-1-3-17(22)9-13(12)8-14(18)11-20-21;1-12-3-2-4-13-10-18-14(9-17(12)13)11-20-21(18)16-7-5-15(19)6-8-16/h4-8,10-11H,1-3,9H2;5-11H,1-4H2. The van der Waals surface area contributed by atoms with Gasteiger partial charge in [-0.1, -0.05) is 6.58 Å². The second-order valence-electron chi connectivity index (χ2n) is 11.3. The molecule has 0 spiro atoms. The maximum atomic E-state index is 13.1. The van der Waals surface area contributed by atoms with Gasteiger partial charge in [-0.25, -0.2) is 18.1 Å². The van der Waals surface area contributed by atoms with Gasteiger partial charge in [0.25, 0.3) is 0 Å². The first-order valence-corrected chi connectivity index (χ1v) is 14.6. The SMILES string of the molecule is C=C1CCCc2cc3c(cnn3-c3ccc(F)cc3)cc21.O=C1CCCc2cc3c(cnn3-c3ccc(F)cc3)cc2C1. The third kappa shape index (κ3) is 5.27.